The zero-order valence-electron chi connectivity index (χ0n) is 18.8. The van der Waals surface area contributed by atoms with E-state index in [0.29, 0.717) is 49.7 Å². The predicted molar refractivity (Wildman–Crippen MR) is 129 cm³/mol. The number of nitrogens with two attached hydrogens (primary N) is 4. The summed E-state index contributed by atoms with van der Waals surface area (Å²) >= 11 is 0. The first kappa shape index (κ1) is 23.1. The average Bonchev–Trinajstić information content (AvgIpc) is 2.73. The summed E-state index contributed by atoms with van der Waals surface area (Å²) in [5.41, 5.74) is 26.3. The molecule has 2 fully saturated rings. The molecular formula is C21H33N11O. The Bertz CT molecular complexity index is 905. The number of carbonyl (C=O) groups is 1. The van der Waals surface area contributed by atoms with Gasteiger partial charge in [0.2, 0.25) is 23.8 Å². The van der Waals surface area contributed by atoms with Crippen molar-refractivity contribution in [3.05, 3.63) is 24.3 Å². The van der Waals surface area contributed by atoms with Crippen molar-refractivity contribution in [1.82, 2.24) is 15.0 Å². The maximum atomic E-state index is 11.3. The summed E-state index contributed by atoms with van der Waals surface area (Å²) in [5.74, 6) is 1.28. The number of carbonyl (C=O) groups excluding carboxylic acids is 1. The van der Waals surface area contributed by atoms with Crippen LogP contribution < -0.4 is 43.4 Å². The summed E-state index contributed by atoms with van der Waals surface area (Å²) in [6.07, 6.45) is 1.52. The number of rotatable bonds is 5. The minimum atomic E-state index is -0.127. The van der Waals surface area contributed by atoms with Crippen LogP contribution in [0.3, 0.4) is 0 Å². The van der Waals surface area contributed by atoms with E-state index in [1.807, 2.05) is 21.9 Å². The molecule has 178 valence electrons. The molecule has 0 radical (unpaired) electrons. The van der Waals surface area contributed by atoms with Crippen LogP contribution in [0.25, 0.3) is 0 Å². The van der Waals surface area contributed by atoms with Crippen LogP contribution in [0.15, 0.2) is 24.3 Å². The van der Waals surface area contributed by atoms with Crippen molar-refractivity contribution in [3.63, 3.8) is 0 Å². The van der Waals surface area contributed by atoms with Gasteiger partial charge in [-0.05, 0) is 37.1 Å². The number of aromatic nitrogens is 3. The number of amides is 1. The lowest BCUT2D eigenvalue weighted by Crippen LogP contribution is -2.54. The maximum Gasteiger partial charge on any atom is 0.233 e. The van der Waals surface area contributed by atoms with Gasteiger partial charge in [0.05, 0.1) is 0 Å². The molecule has 1 aromatic heterocycles. The maximum absolute atomic E-state index is 11.3. The highest BCUT2D eigenvalue weighted by Gasteiger charge is 2.28. The lowest BCUT2D eigenvalue weighted by Gasteiger charge is -2.37. The van der Waals surface area contributed by atoms with E-state index < -0.39 is 0 Å². The van der Waals surface area contributed by atoms with Crippen molar-refractivity contribution in [3.8, 4) is 0 Å². The van der Waals surface area contributed by atoms with Crippen LogP contribution >= 0.6 is 0 Å². The molecule has 0 bridgehead atoms. The molecule has 10 N–H and O–H groups in total. The second kappa shape index (κ2) is 9.83. The van der Waals surface area contributed by atoms with Crippen molar-refractivity contribution >= 4 is 35.1 Å². The van der Waals surface area contributed by atoms with Crippen LogP contribution in [-0.2, 0) is 4.79 Å². The summed E-state index contributed by atoms with van der Waals surface area (Å²) in [4.78, 5) is 29.3. The number of piperidine rings is 2. The van der Waals surface area contributed by atoms with Gasteiger partial charge >= 0.3 is 0 Å². The number of hydrogen-bond acceptors (Lipinski definition) is 11. The standard InChI is InChI=1S/C21H33N11O/c1-12(33)26-17-2-4-18(5-3-17)27-19-28-20(31-8-13(22)6-14(23)9-31)30-21(29-19)32-10-15(24)7-16(25)11-32/h2-5,13-16H,6-11,22-25H2,1H3,(H,26,33)(H,27,28,29,30). The Labute approximate surface area is 193 Å². The van der Waals surface area contributed by atoms with Crippen molar-refractivity contribution in [2.75, 3.05) is 46.6 Å². The fourth-order valence-corrected chi connectivity index (χ4v) is 4.35. The van der Waals surface area contributed by atoms with E-state index in [9.17, 15) is 4.79 Å². The minimum absolute atomic E-state index is 0.0523. The summed E-state index contributed by atoms with van der Waals surface area (Å²) in [6.45, 7) is 3.92. The molecule has 2 aliphatic rings. The molecule has 33 heavy (non-hydrogen) atoms. The second-order valence-corrected chi connectivity index (χ2v) is 8.96. The molecule has 1 amide bonds. The first-order chi connectivity index (χ1) is 15.7. The van der Waals surface area contributed by atoms with E-state index in [-0.39, 0.29) is 30.1 Å². The molecule has 1 aromatic carbocycles. The Morgan fingerprint density at radius 2 is 1.21 bits per heavy atom. The molecule has 4 unspecified atom stereocenters. The number of benzene rings is 1. The van der Waals surface area contributed by atoms with Crippen LogP contribution in [0, 0.1) is 0 Å². The fourth-order valence-electron chi connectivity index (χ4n) is 4.35. The largest absolute Gasteiger partial charge is 0.338 e. The third-order valence-electron chi connectivity index (χ3n) is 5.67. The Balaban J connectivity index is 1.63. The smallest absolute Gasteiger partial charge is 0.233 e. The molecule has 2 saturated heterocycles. The lowest BCUT2D eigenvalue weighted by molar-refractivity contribution is -0.114. The number of anilines is 5. The molecule has 2 aromatic rings. The summed E-state index contributed by atoms with van der Waals surface area (Å²) in [5, 5.41) is 5.98. The van der Waals surface area contributed by atoms with E-state index in [4.69, 9.17) is 27.9 Å². The summed E-state index contributed by atoms with van der Waals surface area (Å²) < 4.78 is 0. The molecule has 0 saturated carbocycles. The minimum Gasteiger partial charge on any atom is -0.338 e. The quantitative estimate of drug-likeness (QED) is 0.334. The van der Waals surface area contributed by atoms with Crippen molar-refractivity contribution in [1.29, 1.82) is 0 Å². The van der Waals surface area contributed by atoms with Crippen LogP contribution in [0.1, 0.15) is 19.8 Å². The van der Waals surface area contributed by atoms with Gasteiger partial charge in [-0.3, -0.25) is 4.79 Å². The SMILES string of the molecule is CC(=O)Nc1ccc(Nc2nc(N3CC(N)CC(N)C3)nc(N3CC(N)CC(N)C3)n2)cc1. The molecular weight excluding hydrogens is 422 g/mol. The first-order valence-electron chi connectivity index (χ1n) is 11.2. The number of hydrogen-bond donors (Lipinski definition) is 6. The van der Waals surface area contributed by atoms with Gasteiger partial charge in [-0.2, -0.15) is 15.0 Å². The summed E-state index contributed by atoms with van der Waals surface area (Å²) in [6, 6.07) is 7.08. The molecule has 2 aliphatic heterocycles. The molecule has 4 rings (SSSR count). The lowest BCUT2D eigenvalue weighted by atomic mass is 10.0. The average molecular weight is 456 g/mol. The van der Waals surface area contributed by atoms with Gasteiger partial charge in [0, 0.05) is 68.6 Å². The van der Waals surface area contributed by atoms with E-state index in [1.165, 1.54) is 6.92 Å². The molecule has 0 spiro atoms. The third kappa shape index (κ3) is 6.05. The van der Waals surface area contributed by atoms with Gasteiger partial charge in [-0.1, -0.05) is 0 Å². The molecule has 12 nitrogen and oxygen atoms in total. The molecule has 4 atom stereocenters. The Kier molecular flexibility index (Phi) is 6.88. The fraction of sp³-hybridized carbons (Fsp3) is 0.524. The highest BCUT2D eigenvalue weighted by molar-refractivity contribution is 5.88. The topological polar surface area (TPSA) is 190 Å². The Hall–Kier alpha value is -3.06. The monoisotopic (exact) mass is 455 g/mol. The van der Waals surface area contributed by atoms with E-state index >= 15 is 0 Å². The third-order valence-corrected chi connectivity index (χ3v) is 5.67. The van der Waals surface area contributed by atoms with E-state index in [2.05, 4.69) is 20.6 Å². The van der Waals surface area contributed by atoms with Gasteiger partial charge in [0.25, 0.3) is 0 Å². The van der Waals surface area contributed by atoms with E-state index in [1.54, 1.807) is 12.1 Å². The van der Waals surface area contributed by atoms with Crippen molar-refractivity contribution in [2.45, 2.75) is 43.9 Å². The molecule has 3 heterocycles. The van der Waals surface area contributed by atoms with Gasteiger partial charge in [-0.15, -0.1) is 0 Å². The van der Waals surface area contributed by atoms with E-state index in [0.717, 1.165) is 18.5 Å². The van der Waals surface area contributed by atoms with Gasteiger partial charge in [0.15, 0.2) is 0 Å². The van der Waals surface area contributed by atoms with Crippen LogP contribution in [0.4, 0.5) is 29.2 Å². The predicted octanol–water partition coefficient (Wildman–Crippen LogP) is -0.697. The Morgan fingerprint density at radius 1 is 0.788 bits per heavy atom. The van der Waals surface area contributed by atoms with Crippen LogP contribution in [-0.4, -0.2) is 71.2 Å². The van der Waals surface area contributed by atoms with Crippen LogP contribution in [0.5, 0.6) is 0 Å². The zero-order valence-corrected chi connectivity index (χ0v) is 18.8. The number of nitrogens with zero attached hydrogens (tertiary/aromatic N) is 5. The van der Waals surface area contributed by atoms with Gasteiger partial charge < -0.3 is 43.4 Å². The number of nitrogens with one attached hydrogen (secondary N) is 2. The molecule has 0 aliphatic carbocycles. The highest BCUT2D eigenvalue weighted by Crippen LogP contribution is 2.24. The van der Waals surface area contributed by atoms with Gasteiger partial charge in [-0.25, -0.2) is 0 Å². The molecule has 12 heteroatoms. The first-order valence-corrected chi connectivity index (χ1v) is 11.2. The van der Waals surface area contributed by atoms with Gasteiger partial charge in [0.1, 0.15) is 0 Å². The van der Waals surface area contributed by atoms with Crippen molar-refractivity contribution < 1.29 is 4.79 Å². The summed E-state index contributed by atoms with van der Waals surface area (Å²) in [7, 11) is 0. The normalized spacial score (nSPS) is 25.6. The van der Waals surface area contributed by atoms with Crippen molar-refractivity contribution in [2.24, 2.45) is 22.9 Å². The second-order valence-electron chi connectivity index (χ2n) is 8.96. The zero-order chi connectivity index (χ0) is 23.5. The van der Waals surface area contributed by atoms with Crippen LogP contribution in [0.2, 0.25) is 0 Å². The Morgan fingerprint density at radius 3 is 1.64 bits per heavy atom. The highest BCUT2D eigenvalue weighted by atomic mass is 16.1.